The minimum Gasteiger partial charge on any atom is -0.487 e. The van der Waals surface area contributed by atoms with E-state index in [0.717, 1.165) is 11.8 Å². The van der Waals surface area contributed by atoms with Crippen molar-refractivity contribution in [2.24, 2.45) is 0 Å². The summed E-state index contributed by atoms with van der Waals surface area (Å²) in [5.41, 5.74) is 0.282. The van der Waals surface area contributed by atoms with Gasteiger partial charge in [0.2, 0.25) is 0 Å². The number of fused-ring (bicyclic) bond motifs is 1. The molecule has 2 rings (SSSR count). The van der Waals surface area contributed by atoms with Crippen molar-refractivity contribution in [3.63, 3.8) is 0 Å². The Balaban J connectivity index is 2.60. The van der Waals surface area contributed by atoms with Crippen LogP contribution in [-0.2, 0) is 0 Å². The molecule has 0 radical (unpaired) electrons. The van der Waals surface area contributed by atoms with Crippen LogP contribution in [0.1, 0.15) is 37.7 Å². The summed E-state index contributed by atoms with van der Waals surface area (Å²) in [5.74, 6) is -0.486. The van der Waals surface area contributed by atoms with Gasteiger partial charge < -0.3 is 9.84 Å². The maximum atomic E-state index is 11.1. The number of hydrogen-bond donors (Lipinski definition) is 1. The third kappa shape index (κ3) is 2.84. The molecule has 0 atom stereocenters. The van der Waals surface area contributed by atoms with E-state index >= 15 is 0 Å². The molecule has 4 heteroatoms. The van der Waals surface area contributed by atoms with Gasteiger partial charge in [0.25, 0.3) is 0 Å². The molecule has 0 saturated carbocycles. The molecule has 1 N–H and O–H groups in total. The summed E-state index contributed by atoms with van der Waals surface area (Å²) in [6, 6.07) is 8.87. The Morgan fingerprint density at radius 1 is 1.37 bits per heavy atom. The Morgan fingerprint density at radius 3 is 2.68 bits per heavy atom. The van der Waals surface area contributed by atoms with E-state index in [2.05, 4.69) is 4.98 Å². The third-order valence-corrected chi connectivity index (χ3v) is 3.14. The zero-order valence-corrected chi connectivity index (χ0v) is 11.3. The summed E-state index contributed by atoms with van der Waals surface area (Å²) in [5, 5.41) is 9.93. The Bertz CT molecular complexity index is 620. The molecule has 1 aromatic carbocycles. The lowest BCUT2D eigenvalue weighted by Crippen LogP contribution is -2.27. The zero-order chi connectivity index (χ0) is 14.0. The number of ether oxygens (including phenoxy) is 1. The van der Waals surface area contributed by atoms with Crippen LogP contribution in [-0.4, -0.2) is 21.7 Å². The van der Waals surface area contributed by atoms with Crippen molar-refractivity contribution in [3.8, 4) is 5.75 Å². The van der Waals surface area contributed by atoms with E-state index in [1.807, 2.05) is 39.0 Å². The van der Waals surface area contributed by atoms with E-state index in [-0.39, 0.29) is 11.3 Å². The predicted octanol–water partition coefficient (Wildman–Crippen LogP) is 3.50. The molecule has 4 nitrogen and oxygen atoms in total. The topological polar surface area (TPSA) is 59.4 Å². The second-order valence-corrected chi connectivity index (χ2v) is 5.04. The highest BCUT2D eigenvalue weighted by Crippen LogP contribution is 2.29. The maximum Gasteiger partial charge on any atom is 0.354 e. The first kappa shape index (κ1) is 13.3. The number of carboxylic acids is 1. The standard InChI is InChI=1S/C15H17NO3/c1-4-15(2,3)19-13-9-12(14(17)18)16-11-8-6-5-7-10(11)13/h5-9H,4H2,1-3H3,(H,17,18). The monoisotopic (exact) mass is 259 g/mol. The molecule has 1 heterocycles. The van der Waals surface area contributed by atoms with Gasteiger partial charge in [0.15, 0.2) is 5.69 Å². The normalized spacial score (nSPS) is 11.5. The van der Waals surface area contributed by atoms with Crippen molar-refractivity contribution in [2.75, 3.05) is 0 Å². The predicted molar refractivity (Wildman–Crippen MR) is 73.7 cm³/mol. The molecule has 0 amide bonds. The van der Waals surface area contributed by atoms with E-state index in [9.17, 15) is 4.79 Å². The zero-order valence-electron chi connectivity index (χ0n) is 11.3. The van der Waals surface area contributed by atoms with Crippen molar-refractivity contribution < 1.29 is 14.6 Å². The van der Waals surface area contributed by atoms with Gasteiger partial charge in [0.1, 0.15) is 11.4 Å². The second kappa shape index (κ2) is 4.88. The molecule has 1 aromatic heterocycles. The fourth-order valence-corrected chi connectivity index (χ4v) is 1.71. The summed E-state index contributed by atoms with van der Waals surface area (Å²) in [6.07, 6.45) is 0.825. The van der Waals surface area contributed by atoms with E-state index in [1.54, 1.807) is 6.07 Å². The van der Waals surface area contributed by atoms with Gasteiger partial charge in [0, 0.05) is 11.5 Å². The summed E-state index contributed by atoms with van der Waals surface area (Å²) < 4.78 is 5.95. The highest BCUT2D eigenvalue weighted by Gasteiger charge is 2.20. The molecule has 0 aliphatic carbocycles. The Morgan fingerprint density at radius 2 is 2.05 bits per heavy atom. The van der Waals surface area contributed by atoms with Crippen LogP contribution in [0.4, 0.5) is 0 Å². The van der Waals surface area contributed by atoms with Crippen molar-refractivity contribution in [1.82, 2.24) is 4.98 Å². The quantitative estimate of drug-likeness (QED) is 0.912. The van der Waals surface area contributed by atoms with Crippen LogP contribution in [0.3, 0.4) is 0 Å². The number of nitrogens with zero attached hydrogens (tertiary/aromatic N) is 1. The van der Waals surface area contributed by atoms with Crippen molar-refractivity contribution in [3.05, 3.63) is 36.0 Å². The fourth-order valence-electron chi connectivity index (χ4n) is 1.71. The number of carboxylic acid groups (broad SMARTS) is 1. The van der Waals surface area contributed by atoms with Crippen LogP contribution in [0.15, 0.2) is 30.3 Å². The lowest BCUT2D eigenvalue weighted by atomic mass is 10.1. The van der Waals surface area contributed by atoms with E-state index in [1.165, 1.54) is 6.07 Å². The molecular weight excluding hydrogens is 242 g/mol. The average molecular weight is 259 g/mol. The first-order valence-corrected chi connectivity index (χ1v) is 6.25. The number of rotatable bonds is 4. The largest absolute Gasteiger partial charge is 0.487 e. The van der Waals surface area contributed by atoms with Gasteiger partial charge in [0.05, 0.1) is 5.52 Å². The minimum absolute atomic E-state index is 0.000558. The molecule has 2 aromatic rings. The molecule has 0 aliphatic heterocycles. The summed E-state index contributed by atoms with van der Waals surface area (Å²) in [7, 11) is 0. The van der Waals surface area contributed by atoms with Crippen LogP contribution in [0.5, 0.6) is 5.75 Å². The Hall–Kier alpha value is -2.10. The van der Waals surface area contributed by atoms with Crippen LogP contribution in [0.2, 0.25) is 0 Å². The number of aromatic nitrogens is 1. The molecule has 0 spiro atoms. The number of para-hydroxylation sites is 1. The second-order valence-electron chi connectivity index (χ2n) is 5.04. The molecule has 19 heavy (non-hydrogen) atoms. The third-order valence-electron chi connectivity index (χ3n) is 3.14. The van der Waals surface area contributed by atoms with Gasteiger partial charge in [-0.2, -0.15) is 0 Å². The lowest BCUT2D eigenvalue weighted by molar-refractivity contribution is 0.0687. The first-order chi connectivity index (χ1) is 8.93. The number of aromatic carboxylic acids is 1. The highest BCUT2D eigenvalue weighted by atomic mass is 16.5. The number of carbonyl (C=O) groups is 1. The molecule has 0 saturated heterocycles. The number of pyridine rings is 1. The minimum atomic E-state index is -1.05. The maximum absolute atomic E-state index is 11.1. The van der Waals surface area contributed by atoms with Crippen LogP contribution >= 0.6 is 0 Å². The van der Waals surface area contributed by atoms with Gasteiger partial charge in [-0.25, -0.2) is 9.78 Å². The Kier molecular flexibility index (Phi) is 3.42. The van der Waals surface area contributed by atoms with Gasteiger partial charge >= 0.3 is 5.97 Å². The molecule has 0 unspecified atom stereocenters. The van der Waals surface area contributed by atoms with Crippen molar-refractivity contribution >= 4 is 16.9 Å². The number of hydrogen-bond acceptors (Lipinski definition) is 3. The summed E-state index contributed by atoms with van der Waals surface area (Å²) >= 11 is 0. The van der Waals surface area contributed by atoms with Gasteiger partial charge in [-0.15, -0.1) is 0 Å². The molecular formula is C15H17NO3. The van der Waals surface area contributed by atoms with Gasteiger partial charge in [-0.3, -0.25) is 0 Å². The molecule has 100 valence electrons. The van der Waals surface area contributed by atoms with E-state index < -0.39 is 5.97 Å². The van der Waals surface area contributed by atoms with Gasteiger partial charge in [-0.1, -0.05) is 19.1 Å². The molecule has 0 aliphatic rings. The van der Waals surface area contributed by atoms with Crippen LogP contribution in [0, 0.1) is 0 Å². The van der Waals surface area contributed by atoms with Crippen molar-refractivity contribution in [1.29, 1.82) is 0 Å². The van der Waals surface area contributed by atoms with Crippen LogP contribution < -0.4 is 4.74 Å². The number of benzene rings is 1. The lowest BCUT2D eigenvalue weighted by Gasteiger charge is -2.25. The fraction of sp³-hybridized carbons (Fsp3) is 0.333. The van der Waals surface area contributed by atoms with E-state index in [0.29, 0.717) is 11.3 Å². The summed E-state index contributed by atoms with van der Waals surface area (Å²) in [6.45, 7) is 5.98. The smallest absolute Gasteiger partial charge is 0.354 e. The van der Waals surface area contributed by atoms with Crippen LogP contribution in [0.25, 0.3) is 10.9 Å². The Labute approximate surface area is 112 Å². The van der Waals surface area contributed by atoms with Gasteiger partial charge in [-0.05, 0) is 32.4 Å². The van der Waals surface area contributed by atoms with E-state index in [4.69, 9.17) is 9.84 Å². The SMILES string of the molecule is CCC(C)(C)Oc1cc(C(=O)O)nc2ccccc12. The average Bonchev–Trinajstić information content (AvgIpc) is 2.38. The molecule has 0 fully saturated rings. The van der Waals surface area contributed by atoms with Crippen molar-refractivity contribution in [2.45, 2.75) is 32.8 Å². The molecule has 0 bridgehead atoms. The highest BCUT2D eigenvalue weighted by molar-refractivity contribution is 5.93. The first-order valence-electron chi connectivity index (χ1n) is 6.25. The summed E-state index contributed by atoms with van der Waals surface area (Å²) in [4.78, 5) is 15.2.